The fourth-order valence-electron chi connectivity index (χ4n) is 2.14. The number of methoxy groups -OCH3 is 1. The molecule has 0 saturated carbocycles. The van der Waals surface area contributed by atoms with Gasteiger partial charge in [0.1, 0.15) is 24.3 Å². The maximum atomic E-state index is 10.3. The van der Waals surface area contributed by atoms with E-state index in [1.54, 1.807) is 18.9 Å². The predicted octanol–water partition coefficient (Wildman–Crippen LogP) is -1.71. The van der Waals surface area contributed by atoms with Crippen LogP contribution < -0.4 is 11.1 Å². The number of nitrogens with two attached hydrogens (primary N) is 1. The second-order valence-electron chi connectivity index (χ2n) is 4.34. The molecule has 7 nitrogen and oxygen atoms in total. The minimum atomic E-state index is -1.11. The van der Waals surface area contributed by atoms with E-state index in [0.717, 1.165) is 6.20 Å². The number of aliphatic hydroxyl groups excluding tert-OH is 2. The van der Waals surface area contributed by atoms with E-state index in [1.807, 2.05) is 0 Å². The van der Waals surface area contributed by atoms with Crippen LogP contribution >= 0.6 is 0 Å². The van der Waals surface area contributed by atoms with E-state index < -0.39 is 37.0 Å². The molecular weight excluding hydrogens is 252 g/mol. The Morgan fingerprint density at radius 3 is 2.95 bits per heavy atom. The lowest BCUT2D eigenvalue weighted by Crippen LogP contribution is -2.60. The normalized spacial score (nSPS) is 29.5. The number of hydrogen-bond acceptors (Lipinski definition) is 7. The first-order valence-corrected chi connectivity index (χ1v) is 5.93. The molecule has 1 aliphatic rings. The zero-order valence-corrected chi connectivity index (χ0v) is 10.9. The molecule has 108 valence electrons. The van der Waals surface area contributed by atoms with E-state index in [4.69, 9.17) is 20.3 Å². The number of rotatable bonds is 6. The topological polar surface area (TPSA) is 114 Å². The van der Waals surface area contributed by atoms with Crippen LogP contribution in [-0.4, -0.2) is 60.3 Å². The van der Waals surface area contributed by atoms with E-state index in [2.05, 4.69) is 5.32 Å². The van der Waals surface area contributed by atoms with Gasteiger partial charge in [-0.1, -0.05) is 0 Å². The van der Waals surface area contributed by atoms with Gasteiger partial charge < -0.3 is 30.7 Å². The van der Waals surface area contributed by atoms with Gasteiger partial charge in [0, 0.05) is 7.11 Å². The van der Waals surface area contributed by atoms with E-state index in [-0.39, 0.29) is 0 Å². The van der Waals surface area contributed by atoms with Crippen LogP contribution in [0.4, 0.5) is 0 Å². The molecule has 5 N–H and O–H groups in total. The van der Waals surface area contributed by atoms with Crippen molar-refractivity contribution in [2.45, 2.75) is 37.3 Å². The van der Waals surface area contributed by atoms with Crippen LogP contribution in [0.1, 0.15) is 6.92 Å². The SMILES string of the molecule is COC(C(O)CO)[C@@H]1OC(C)=CC(N)C1NC=C=O. The summed E-state index contributed by atoms with van der Waals surface area (Å²) in [5.74, 6) is 2.19. The highest BCUT2D eigenvalue weighted by Crippen LogP contribution is 2.22. The number of hydrogen-bond donors (Lipinski definition) is 4. The monoisotopic (exact) mass is 272 g/mol. The number of allylic oxidation sites excluding steroid dienone is 1. The summed E-state index contributed by atoms with van der Waals surface area (Å²) in [6.45, 7) is 1.27. The molecule has 0 aromatic carbocycles. The molecule has 0 spiro atoms. The highest BCUT2D eigenvalue weighted by molar-refractivity contribution is 5.44. The standard InChI is InChI=1S/C12H20N2O5/c1-7-5-8(13)10(14-3-4-15)12(19-7)11(18-2)9(17)6-16/h3,5,8-12,14,16-17H,6,13H2,1-2H3/t8?,9?,10?,11?,12-/m1/s1. The smallest absolute Gasteiger partial charge is 0.149 e. The van der Waals surface area contributed by atoms with Crippen LogP contribution in [0.2, 0.25) is 0 Å². The van der Waals surface area contributed by atoms with Gasteiger partial charge in [0.05, 0.1) is 30.6 Å². The van der Waals surface area contributed by atoms with Crippen LogP contribution in [0.3, 0.4) is 0 Å². The van der Waals surface area contributed by atoms with Crippen molar-refractivity contribution in [1.82, 2.24) is 5.32 Å². The second kappa shape index (κ2) is 7.28. The lowest BCUT2D eigenvalue weighted by Gasteiger charge is -2.40. The maximum absolute atomic E-state index is 10.3. The van der Waals surface area contributed by atoms with Crippen LogP contribution in [0.25, 0.3) is 0 Å². The predicted molar refractivity (Wildman–Crippen MR) is 67.7 cm³/mol. The molecule has 0 aromatic heterocycles. The molecule has 7 heteroatoms. The summed E-state index contributed by atoms with van der Waals surface area (Å²) < 4.78 is 10.8. The summed E-state index contributed by atoms with van der Waals surface area (Å²) in [6, 6.07) is -0.900. The molecule has 4 unspecified atom stereocenters. The van der Waals surface area contributed by atoms with Gasteiger partial charge in [-0.25, -0.2) is 4.79 Å². The number of ether oxygens (including phenoxy) is 2. The third-order valence-corrected chi connectivity index (χ3v) is 3.01. The molecule has 1 aliphatic heterocycles. The third-order valence-electron chi connectivity index (χ3n) is 3.01. The average molecular weight is 272 g/mol. The quantitative estimate of drug-likeness (QED) is 0.426. The lowest BCUT2D eigenvalue weighted by molar-refractivity contribution is -0.118. The van der Waals surface area contributed by atoms with Gasteiger partial charge in [0.15, 0.2) is 0 Å². The molecule has 19 heavy (non-hydrogen) atoms. The molecule has 1 heterocycles. The summed E-state index contributed by atoms with van der Waals surface area (Å²) in [5.41, 5.74) is 5.97. The van der Waals surface area contributed by atoms with Gasteiger partial charge in [-0.15, -0.1) is 0 Å². The Morgan fingerprint density at radius 1 is 1.74 bits per heavy atom. The lowest BCUT2D eigenvalue weighted by atomic mass is 9.93. The Kier molecular flexibility index (Phi) is 6.01. The summed E-state index contributed by atoms with van der Waals surface area (Å²) in [6.07, 6.45) is 0.254. The first kappa shape index (κ1) is 15.7. The van der Waals surface area contributed by atoms with Crippen molar-refractivity contribution >= 4 is 5.94 Å². The summed E-state index contributed by atoms with van der Waals surface area (Å²) in [7, 11) is 1.40. The summed E-state index contributed by atoms with van der Waals surface area (Å²) in [4.78, 5) is 10.3. The highest BCUT2D eigenvalue weighted by atomic mass is 16.5. The average Bonchev–Trinajstić information content (AvgIpc) is 2.38. The number of carbonyl (C=O) groups excluding carboxylic acids is 1. The minimum Gasteiger partial charge on any atom is -0.490 e. The van der Waals surface area contributed by atoms with Crippen LogP contribution in [-0.2, 0) is 14.3 Å². The Balaban J connectivity index is 2.97. The zero-order valence-electron chi connectivity index (χ0n) is 10.9. The highest BCUT2D eigenvalue weighted by Gasteiger charge is 2.40. The first-order chi connectivity index (χ1) is 9.04. The van der Waals surface area contributed by atoms with Crippen molar-refractivity contribution in [2.24, 2.45) is 5.73 Å². The van der Waals surface area contributed by atoms with Gasteiger partial charge in [-0.2, -0.15) is 0 Å². The van der Waals surface area contributed by atoms with Gasteiger partial charge >= 0.3 is 0 Å². The van der Waals surface area contributed by atoms with Gasteiger partial charge in [-0.05, 0) is 13.0 Å². The van der Waals surface area contributed by atoms with Crippen molar-refractivity contribution in [3.05, 3.63) is 18.0 Å². The van der Waals surface area contributed by atoms with E-state index in [1.165, 1.54) is 7.11 Å². The zero-order chi connectivity index (χ0) is 14.4. The van der Waals surface area contributed by atoms with Crippen molar-refractivity contribution in [3.8, 4) is 0 Å². The molecule has 0 aliphatic carbocycles. The van der Waals surface area contributed by atoms with Gasteiger partial charge in [-0.3, -0.25) is 0 Å². The number of aliphatic hydroxyl groups is 2. The molecule has 0 saturated heterocycles. The van der Waals surface area contributed by atoms with Crippen LogP contribution in [0.15, 0.2) is 18.0 Å². The maximum Gasteiger partial charge on any atom is 0.149 e. The Bertz CT molecular complexity index is 367. The Morgan fingerprint density at radius 2 is 2.42 bits per heavy atom. The van der Waals surface area contributed by atoms with E-state index in [0.29, 0.717) is 5.76 Å². The fraction of sp³-hybridized carbons (Fsp3) is 0.667. The van der Waals surface area contributed by atoms with Gasteiger partial charge in [0.25, 0.3) is 0 Å². The molecule has 0 amide bonds. The fourth-order valence-corrected chi connectivity index (χ4v) is 2.14. The first-order valence-electron chi connectivity index (χ1n) is 5.93. The molecule has 1 rings (SSSR count). The minimum absolute atomic E-state index is 0.424. The van der Waals surface area contributed by atoms with Crippen molar-refractivity contribution in [1.29, 1.82) is 0 Å². The van der Waals surface area contributed by atoms with Crippen molar-refractivity contribution in [2.75, 3.05) is 13.7 Å². The second-order valence-corrected chi connectivity index (χ2v) is 4.34. The van der Waals surface area contributed by atoms with Gasteiger partial charge in [0.2, 0.25) is 0 Å². The largest absolute Gasteiger partial charge is 0.490 e. The Hall–Kier alpha value is -1.37. The molecule has 0 fully saturated rings. The molecule has 0 radical (unpaired) electrons. The Labute approximate surface area is 111 Å². The van der Waals surface area contributed by atoms with E-state index >= 15 is 0 Å². The molecule has 0 bridgehead atoms. The van der Waals surface area contributed by atoms with E-state index in [9.17, 15) is 9.90 Å². The molecule has 5 atom stereocenters. The van der Waals surface area contributed by atoms with Crippen LogP contribution in [0.5, 0.6) is 0 Å². The molecular formula is C12H20N2O5. The molecule has 0 aromatic rings. The van der Waals surface area contributed by atoms with Crippen molar-refractivity contribution in [3.63, 3.8) is 0 Å². The third kappa shape index (κ3) is 3.79. The summed E-state index contributed by atoms with van der Waals surface area (Å²) in [5, 5.41) is 21.6. The van der Waals surface area contributed by atoms with Crippen molar-refractivity contribution < 1.29 is 24.5 Å². The summed E-state index contributed by atoms with van der Waals surface area (Å²) >= 11 is 0. The number of nitrogens with one attached hydrogen (secondary N) is 1. The van der Waals surface area contributed by atoms with Crippen LogP contribution in [0, 0.1) is 0 Å².